The van der Waals surface area contributed by atoms with E-state index in [-0.39, 0.29) is 29.6 Å². The van der Waals surface area contributed by atoms with Crippen LogP contribution in [-0.4, -0.2) is 42.2 Å². The molecule has 1 amide bonds. The van der Waals surface area contributed by atoms with Crippen LogP contribution in [0.2, 0.25) is 5.15 Å². The first-order chi connectivity index (χ1) is 9.81. The number of halogens is 4. The van der Waals surface area contributed by atoms with Crippen molar-refractivity contribution in [3.8, 4) is 5.88 Å². The molecule has 1 fully saturated rings. The second kappa shape index (κ2) is 6.09. The topological polar surface area (TPSA) is 42.4 Å². The van der Waals surface area contributed by atoms with Gasteiger partial charge in [-0.2, -0.15) is 13.2 Å². The van der Waals surface area contributed by atoms with Crippen LogP contribution in [-0.2, 0) is 0 Å². The smallest absolute Gasteiger partial charge is 0.393 e. The Morgan fingerprint density at radius 3 is 2.81 bits per heavy atom. The van der Waals surface area contributed by atoms with E-state index in [4.69, 9.17) is 16.3 Å². The molecule has 1 aliphatic heterocycles. The lowest BCUT2D eigenvalue weighted by Crippen LogP contribution is -2.44. The highest BCUT2D eigenvalue weighted by Gasteiger charge is 2.42. The molecule has 1 atom stereocenters. The summed E-state index contributed by atoms with van der Waals surface area (Å²) in [7, 11) is 1.37. The highest BCUT2D eigenvalue weighted by atomic mass is 35.5. The monoisotopic (exact) mass is 322 g/mol. The van der Waals surface area contributed by atoms with Crippen molar-refractivity contribution >= 4 is 17.5 Å². The summed E-state index contributed by atoms with van der Waals surface area (Å²) in [6, 6.07) is 2.69. The van der Waals surface area contributed by atoms with Crippen LogP contribution in [0.15, 0.2) is 12.1 Å². The number of alkyl halides is 3. The number of rotatable bonds is 2. The predicted octanol–water partition coefficient (Wildman–Crippen LogP) is 3.16. The lowest BCUT2D eigenvalue weighted by Gasteiger charge is -2.33. The van der Waals surface area contributed by atoms with Gasteiger partial charge < -0.3 is 9.64 Å². The number of methoxy groups -OCH3 is 1. The maximum absolute atomic E-state index is 12.8. The highest BCUT2D eigenvalue weighted by Crippen LogP contribution is 2.33. The van der Waals surface area contributed by atoms with E-state index in [1.54, 1.807) is 0 Å². The number of aromatic nitrogens is 1. The van der Waals surface area contributed by atoms with E-state index in [1.165, 1.54) is 24.1 Å². The van der Waals surface area contributed by atoms with Gasteiger partial charge in [-0.15, -0.1) is 0 Å². The van der Waals surface area contributed by atoms with Crippen molar-refractivity contribution in [1.82, 2.24) is 9.88 Å². The van der Waals surface area contributed by atoms with Crippen molar-refractivity contribution in [2.75, 3.05) is 20.2 Å². The minimum atomic E-state index is -4.29. The molecule has 1 saturated heterocycles. The molecule has 1 unspecified atom stereocenters. The Balaban J connectivity index is 2.18. The van der Waals surface area contributed by atoms with Crippen molar-refractivity contribution in [3.63, 3.8) is 0 Å². The normalized spacial score (nSPS) is 19.5. The molecule has 116 valence electrons. The molecule has 0 aliphatic carbocycles. The highest BCUT2D eigenvalue weighted by molar-refractivity contribution is 6.29. The lowest BCUT2D eigenvalue weighted by atomic mass is 9.97. The van der Waals surface area contributed by atoms with Gasteiger partial charge in [0, 0.05) is 24.7 Å². The lowest BCUT2D eigenvalue weighted by molar-refractivity contribution is -0.184. The molecular weight excluding hydrogens is 309 g/mol. The third-order valence-corrected chi connectivity index (χ3v) is 3.59. The van der Waals surface area contributed by atoms with Gasteiger partial charge in [-0.05, 0) is 18.9 Å². The van der Waals surface area contributed by atoms with Gasteiger partial charge in [0.15, 0.2) is 0 Å². The summed E-state index contributed by atoms with van der Waals surface area (Å²) >= 11 is 5.77. The first kappa shape index (κ1) is 15.9. The minimum absolute atomic E-state index is 0.0493. The molecule has 21 heavy (non-hydrogen) atoms. The molecule has 0 aromatic carbocycles. The maximum Gasteiger partial charge on any atom is 0.393 e. The molecule has 0 N–H and O–H groups in total. The fourth-order valence-corrected chi connectivity index (χ4v) is 2.51. The number of hydrogen-bond donors (Lipinski definition) is 0. The van der Waals surface area contributed by atoms with Crippen LogP contribution < -0.4 is 4.74 Å². The zero-order valence-electron chi connectivity index (χ0n) is 11.3. The Hall–Kier alpha value is -1.50. The van der Waals surface area contributed by atoms with Crippen molar-refractivity contribution < 1.29 is 22.7 Å². The summed E-state index contributed by atoms with van der Waals surface area (Å²) in [5, 5.41) is 0.0575. The summed E-state index contributed by atoms with van der Waals surface area (Å²) in [6.45, 7) is -0.0295. The van der Waals surface area contributed by atoms with E-state index in [1.807, 2.05) is 0 Å². The fourth-order valence-electron chi connectivity index (χ4n) is 2.31. The van der Waals surface area contributed by atoms with Crippen molar-refractivity contribution in [2.24, 2.45) is 5.92 Å². The Kier molecular flexibility index (Phi) is 4.61. The summed E-state index contributed by atoms with van der Waals surface area (Å²) in [4.78, 5) is 17.3. The molecule has 1 aromatic heterocycles. The first-order valence-corrected chi connectivity index (χ1v) is 6.76. The number of hydrogen-bond acceptors (Lipinski definition) is 3. The van der Waals surface area contributed by atoms with Crippen molar-refractivity contribution in [1.29, 1.82) is 0 Å². The standard InChI is InChI=1S/C13H14ClF3N2O2/c1-21-11-6-8(5-10(14)18-11)12(20)19-4-2-3-9(7-19)13(15,16)17/h5-6,9H,2-4,7H2,1H3. The maximum atomic E-state index is 12.8. The number of amides is 1. The van der Waals surface area contributed by atoms with Gasteiger partial charge in [-0.25, -0.2) is 4.98 Å². The van der Waals surface area contributed by atoms with Crippen LogP contribution in [0.3, 0.4) is 0 Å². The number of ether oxygens (including phenoxy) is 1. The van der Waals surface area contributed by atoms with Gasteiger partial charge >= 0.3 is 6.18 Å². The Labute approximate surface area is 124 Å². The van der Waals surface area contributed by atoms with Crippen molar-refractivity contribution in [2.45, 2.75) is 19.0 Å². The summed E-state index contributed by atoms with van der Waals surface area (Å²) in [5.41, 5.74) is 0.176. The van der Waals surface area contributed by atoms with Gasteiger partial charge in [-0.3, -0.25) is 4.79 Å². The number of pyridine rings is 1. The van der Waals surface area contributed by atoms with Gasteiger partial charge in [0.25, 0.3) is 5.91 Å². The second-order valence-electron chi connectivity index (χ2n) is 4.85. The fraction of sp³-hybridized carbons (Fsp3) is 0.538. The number of piperidine rings is 1. The van der Waals surface area contributed by atoms with E-state index in [9.17, 15) is 18.0 Å². The molecule has 1 aromatic rings. The largest absolute Gasteiger partial charge is 0.481 e. The van der Waals surface area contributed by atoms with Gasteiger partial charge in [0.1, 0.15) is 5.15 Å². The predicted molar refractivity (Wildman–Crippen MR) is 70.5 cm³/mol. The van der Waals surface area contributed by atoms with Crippen LogP contribution in [0.1, 0.15) is 23.2 Å². The minimum Gasteiger partial charge on any atom is -0.481 e. The number of carbonyl (C=O) groups excluding carboxylic acids is 1. The second-order valence-corrected chi connectivity index (χ2v) is 5.24. The average molecular weight is 323 g/mol. The molecule has 0 bridgehead atoms. The zero-order chi connectivity index (χ0) is 15.6. The molecule has 0 spiro atoms. The molecular formula is C13H14ClF3N2O2. The van der Waals surface area contributed by atoms with Crippen LogP contribution in [0.4, 0.5) is 13.2 Å². The van der Waals surface area contributed by atoms with Crippen LogP contribution in [0.5, 0.6) is 5.88 Å². The van der Waals surface area contributed by atoms with Gasteiger partial charge in [-0.1, -0.05) is 11.6 Å². The Morgan fingerprint density at radius 1 is 1.48 bits per heavy atom. The van der Waals surface area contributed by atoms with E-state index < -0.39 is 18.0 Å². The molecule has 8 heteroatoms. The Morgan fingerprint density at radius 2 is 2.19 bits per heavy atom. The van der Waals surface area contributed by atoms with Gasteiger partial charge in [0.2, 0.25) is 5.88 Å². The molecule has 4 nitrogen and oxygen atoms in total. The SMILES string of the molecule is COc1cc(C(=O)N2CCCC(C(F)(F)F)C2)cc(Cl)n1. The summed E-state index contributed by atoms with van der Waals surface area (Å²) < 4.78 is 43.2. The van der Waals surface area contributed by atoms with E-state index in [0.29, 0.717) is 13.0 Å². The van der Waals surface area contributed by atoms with Gasteiger partial charge in [0.05, 0.1) is 13.0 Å². The quantitative estimate of drug-likeness (QED) is 0.786. The van der Waals surface area contributed by atoms with Crippen LogP contribution >= 0.6 is 11.6 Å². The van der Waals surface area contributed by atoms with E-state index in [0.717, 1.165) is 0 Å². The molecule has 0 radical (unpaired) electrons. The Bertz CT molecular complexity index is 537. The number of carbonyl (C=O) groups is 1. The third kappa shape index (κ3) is 3.78. The van der Waals surface area contributed by atoms with Crippen LogP contribution in [0, 0.1) is 5.92 Å². The average Bonchev–Trinajstić information content (AvgIpc) is 2.45. The third-order valence-electron chi connectivity index (χ3n) is 3.40. The first-order valence-electron chi connectivity index (χ1n) is 6.39. The molecule has 2 heterocycles. The summed E-state index contributed by atoms with van der Waals surface area (Å²) in [5.74, 6) is -1.82. The number of likely N-dealkylation sites (tertiary alicyclic amines) is 1. The van der Waals surface area contributed by atoms with Crippen LogP contribution in [0.25, 0.3) is 0 Å². The summed E-state index contributed by atoms with van der Waals surface area (Å²) in [6.07, 6.45) is -3.91. The zero-order valence-corrected chi connectivity index (χ0v) is 12.0. The van der Waals surface area contributed by atoms with E-state index in [2.05, 4.69) is 4.98 Å². The van der Waals surface area contributed by atoms with E-state index >= 15 is 0 Å². The number of nitrogens with zero attached hydrogens (tertiary/aromatic N) is 2. The molecule has 1 aliphatic rings. The molecule has 2 rings (SSSR count). The molecule has 0 saturated carbocycles. The van der Waals surface area contributed by atoms with Crippen molar-refractivity contribution in [3.05, 3.63) is 22.8 Å².